The summed E-state index contributed by atoms with van der Waals surface area (Å²) in [6.07, 6.45) is 1.38. The van der Waals surface area contributed by atoms with E-state index in [0.717, 1.165) is 26.2 Å². The van der Waals surface area contributed by atoms with E-state index in [1.807, 2.05) is 0 Å². The van der Waals surface area contributed by atoms with E-state index in [4.69, 9.17) is 4.74 Å². The molecule has 0 bridgehead atoms. The molecule has 2 rings (SSSR count). The van der Waals surface area contributed by atoms with Crippen molar-refractivity contribution in [3.63, 3.8) is 0 Å². The Morgan fingerprint density at radius 1 is 1.63 bits per heavy atom. The molecule has 0 spiro atoms. The number of rotatable bonds is 5. The monoisotopic (exact) mass is 266 g/mol. The summed E-state index contributed by atoms with van der Waals surface area (Å²) in [5.74, 6) is 0.628. The fourth-order valence-corrected chi connectivity index (χ4v) is 2.01. The molecular formula is C12H18N4O3. The van der Waals surface area contributed by atoms with Crippen molar-refractivity contribution >= 4 is 11.5 Å². The first kappa shape index (κ1) is 13.7. The number of aromatic nitrogens is 1. The zero-order valence-corrected chi connectivity index (χ0v) is 10.9. The van der Waals surface area contributed by atoms with Crippen LogP contribution >= 0.6 is 0 Å². The Balaban J connectivity index is 1.83. The van der Waals surface area contributed by atoms with Crippen LogP contribution in [0.2, 0.25) is 0 Å². The summed E-state index contributed by atoms with van der Waals surface area (Å²) >= 11 is 0. The number of nitrogens with one attached hydrogen (secondary N) is 1. The highest BCUT2D eigenvalue weighted by molar-refractivity contribution is 5.40. The van der Waals surface area contributed by atoms with E-state index in [-0.39, 0.29) is 11.8 Å². The molecule has 7 heteroatoms. The molecular weight excluding hydrogens is 248 g/mol. The molecule has 1 saturated heterocycles. The van der Waals surface area contributed by atoms with Gasteiger partial charge in [0.25, 0.3) is 5.69 Å². The molecule has 1 aromatic rings. The smallest absolute Gasteiger partial charge is 0.287 e. The summed E-state index contributed by atoms with van der Waals surface area (Å²) in [4.78, 5) is 16.4. The largest absolute Gasteiger partial charge is 0.374 e. The van der Waals surface area contributed by atoms with E-state index in [0.29, 0.717) is 12.4 Å². The molecule has 0 radical (unpaired) electrons. The Bertz CT molecular complexity index is 423. The fourth-order valence-electron chi connectivity index (χ4n) is 2.01. The van der Waals surface area contributed by atoms with E-state index in [2.05, 4.69) is 22.1 Å². The molecule has 7 nitrogen and oxygen atoms in total. The van der Waals surface area contributed by atoms with Gasteiger partial charge in [-0.3, -0.25) is 15.0 Å². The van der Waals surface area contributed by atoms with Crippen LogP contribution in [0.25, 0.3) is 0 Å². The van der Waals surface area contributed by atoms with Gasteiger partial charge in [0.05, 0.1) is 17.6 Å². The minimum atomic E-state index is -0.458. The summed E-state index contributed by atoms with van der Waals surface area (Å²) in [6.45, 7) is 6.43. The van der Waals surface area contributed by atoms with Gasteiger partial charge in [-0.05, 0) is 12.6 Å². The van der Waals surface area contributed by atoms with E-state index in [1.165, 1.54) is 12.3 Å². The second-order valence-electron chi connectivity index (χ2n) is 4.43. The van der Waals surface area contributed by atoms with E-state index in [9.17, 15) is 10.1 Å². The zero-order chi connectivity index (χ0) is 13.7. The molecule has 1 aliphatic rings. The van der Waals surface area contributed by atoms with Crippen LogP contribution in [0.4, 0.5) is 11.5 Å². The molecule has 1 fully saturated rings. The van der Waals surface area contributed by atoms with Gasteiger partial charge in [-0.15, -0.1) is 0 Å². The number of nitro groups is 1. The van der Waals surface area contributed by atoms with E-state index in [1.54, 1.807) is 6.07 Å². The summed E-state index contributed by atoms with van der Waals surface area (Å²) in [6, 6.07) is 3.05. The maximum absolute atomic E-state index is 10.5. The van der Waals surface area contributed by atoms with Crippen molar-refractivity contribution < 1.29 is 9.66 Å². The normalized spacial score (nSPS) is 20.2. The maximum Gasteiger partial charge on any atom is 0.287 e. The second kappa shape index (κ2) is 6.44. The van der Waals surface area contributed by atoms with Gasteiger partial charge in [-0.1, -0.05) is 6.92 Å². The fraction of sp³-hybridized carbons (Fsp3) is 0.583. The molecule has 1 aromatic heterocycles. The Kier molecular flexibility index (Phi) is 4.64. The summed E-state index contributed by atoms with van der Waals surface area (Å²) in [5.41, 5.74) is -0.00313. The lowest BCUT2D eigenvalue weighted by molar-refractivity contribution is -0.385. The molecule has 0 aliphatic carbocycles. The van der Waals surface area contributed by atoms with Crippen molar-refractivity contribution in [2.75, 3.05) is 38.1 Å². The quantitative estimate of drug-likeness (QED) is 0.635. The van der Waals surface area contributed by atoms with Crippen LogP contribution < -0.4 is 5.32 Å². The van der Waals surface area contributed by atoms with Gasteiger partial charge in [0.2, 0.25) is 0 Å². The van der Waals surface area contributed by atoms with Crippen LogP contribution in [0.5, 0.6) is 0 Å². The van der Waals surface area contributed by atoms with Crippen molar-refractivity contribution in [3.05, 3.63) is 28.4 Å². The molecule has 0 aromatic carbocycles. The molecule has 0 saturated carbocycles. The summed E-state index contributed by atoms with van der Waals surface area (Å²) < 4.78 is 5.65. The minimum Gasteiger partial charge on any atom is -0.374 e. The predicted molar refractivity (Wildman–Crippen MR) is 71.2 cm³/mol. The lowest BCUT2D eigenvalue weighted by Gasteiger charge is -2.32. The standard InChI is InChI=1S/C12H18N4O3/c1-2-15-5-6-19-11(9-15)8-14-12-4-3-10(7-13-12)16(17)18/h3-4,7,11H,2,5-6,8-9H2,1H3,(H,13,14). The van der Waals surface area contributed by atoms with Crippen LogP contribution in [0.1, 0.15) is 6.92 Å². The number of nitrogens with zero attached hydrogens (tertiary/aromatic N) is 3. The first-order valence-electron chi connectivity index (χ1n) is 6.37. The third-order valence-electron chi connectivity index (χ3n) is 3.14. The summed E-state index contributed by atoms with van der Waals surface area (Å²) in [5, 5.41) is 13.6. The van der Waals surface area contributed by atoms with Gasteiger partial charge < -0.3 is 10.1 Å². The number of hydrogen-bond acceptors (Lipinski definition) is 6. The predicted octanol–water partition coefficient (Wildman–Crippen LogP) is 1.12. The first-order chi connectivity index (χ1) is 9.19. The van der Waals surface area contributed by atoms with Gasteiger partial charge in [0, 0.05) is 25.7 Å². The SMILES string of the molecule is CCN1CCOC(CNc2ccc([N+](=O)[O-])cn2)C1. The van der Waals surface area contributed by atoms with Gasteiger partial charge in [-0.2, -0.15) is 0 Å². The van der Waals surface area contributed by atoms with Gasteiger partial charge >= 0.3 is 0 Å². The van der Waals surface area contributed by atoms with Crippen LogP contribution in [0.3, 0.4) is 0 Å². The number of morpholine rings is 1. The third kappa shape index (κ3) is 3.87. The number of pyridine rings is 1. The van der Waals surface area contributed by atoms with E-state index >= 15 is 0 Å². The average Bonchev–Trinajstić information content (AvgIpc) is 2.46. The molecule has 1 atom stereocenters. The molecule has 2 heterocycles. The molecule has 19 heavy (non-hydrogen) atoms. The molecule has 1 aliphatic heterocycles. The highest BCUT2D eigenvalue weighted by Crippen LogP contribution is 2.12. The van der Waals surface area contributed by atoms with Crippen LogP contribution in [-0.2, 0) is 4.74 Å². The van der Waals surface area contributed by atoms with Gasteiger partial charge in [0.1, 0.15) is 12.0 Å². The van der Waals surface area contributed by atoms with Crippen molar-refractivity contribution in [1.82, 2.24) is 9.88 Å². The lowest BCUT2D eigenvalue weighted by atomic mass is 10.2. The number of anilines is 1. The Hall–Kier alpha value is -1.73. The van der Waals surface area contributed by atoms with E-state index < -0.39 is 4.92 Å². The second-order valence-corrected chi connectivity index (χ2v) is 4.43. The molecule has 104 valence electrons. The van der Waals surface area contributed by atoms with Crippen molar-refractivity contribution in [3.8, 4) is 0 Å². The lowest BCUT2D eigenvalue weighted by Crippen LogP contribution is -2.45. The zero-order valence-electron chi connectivity index (χ0n) is 10.9. The van der Waals surface area contributed by atoms with Crippen LogP contribution in [0, 0.1) is 10.1 Å². The van der Waals surface area contributed by atoms with Crippen LogP contribution in [0.15, 0.2) is 18.3 Å². The molecule has 1 N–H and O–H groups in total. The first-order valence-corrected chi connectivity index (χ1v) is 6.37. The topological polar surface area (TPSA) is 80.5 Å². The number of ether oxygens (including phenoxy) is 1. The maximum atomic E-state index is 10.5. The number of hydrogen-bond donors (Lipinski definition) is 1. The average molecular weight is 266 g/mol. The Labute approximate surface area is 111 Å². The van der Waals surface area contributed by atoms with Crippen LogP contribution in [-0.4, -0.2) is 53.7 Å². The van der Waals surface area contributed by atoms with Gasteiger partial charge in [0.15, 0.2) is 0 Å². The molecule has 1 unspecified atom stereocenters. The van der Waals surface area contributed by atoms with Gasteiger partial charge in [-0.25, -0.2) is 4.98 Å². The Morgan fingerprint density at radius 3 is 3.11 bits per heavy atom. The highest BCUT2D eigenvalue weighted by atomic mass is 16.6. The third-order valence-corrected chi connectivity index (χ3v) is 3.14. The van der Waals surface area contributed by atoms with Crippen molar-refractivity contribution in [2.45, 2.75) is 13.0 Å². The highest BCUT2D eigenvalue weighted by Gasteiger charge is 2.19. The number of likely N-dealkylation sites (N-methyl/N-ethyl adjacent to an activating group) is 1. The van der Waals surface area contributed by atoms with Crippen molar-refractivity contribution in [1.29, 1.82) is 0 Å². The van der Waals surface area contributed by atoms with Crippen molar-refractivity contribution in [2.24, 2.45) is 0 Å². The summed E-state index contributed by atoms with van der Waals surface area (Å²) in [7, 11) is 0. The minimum absolute atomic E-state index is 0.00313. The Morgan fingerprint density at radius 2 is 2.47 bits per heavy atom. The molecule has 0 amide bonds.